The fraction of sp³-hybridized carbons (Fsp3) is 0.467. The molecule has 1 aromatic carbocycles. The first-order chi connectivity index (χ1) is 9.61. The van der Waals surface area contributed by atoms with Gasteiger partial charge in [-0.1, -0.05) is 28.1 Å². The lowest BCUT2D eigenvalue weighted by Gasteiger charge is -2.22. The number of carbonyl (C=O) groups excluding carboxylic acids is 2. The van der Waals surface area contributed by atoms with Gasteiger partial charge in [-0.05, 0) is 37.0 Å². The number of likely N-dealkylation sites (tertiary alicyclic amines) is 1. The van der Waals surface area contributed by atoms with Gasteiger partial charge in [-0.3, -0.25) is 4.79 Å². The summed E-state index contributed by atoms with van der Waals surface area (Å²) in [6.45, 7) is 0.650. The van der Waals surface area contributed by atoms with Gasteiger partial charge in [-0.25, -0.2) is 4.79 Å². The number of halogens is 1. The van der Waals surface area contributed by atoms with Gasteiger partial charge in [0.05, 0.1) is 7.11 Å². The summed E-state index contributed by atoms with van der Waals surface area (Å²) in [7, 11) is 1.37. The number of esters is 1. The van der Waals surface area contributed by atoms with Gasteiger partial charge >= 0.3 is 5.97 Å². The van der Waals surface area contributed by atoms with Gasteiger partial charge in [-0.15, -0.1) is 0 Å². The highest BCUT2D eigenvalue weighted by atomic mass is 79.9. The lowest BCUT2D eigenvalue weighted by atomic mass is 10.1. The van der Waals surface area contributed by atoms with Crippen molar-refractivity contribution >= 4 is 27.8 Å². The van der Waals surface area contributed by atoms with E-state index in [0.29, 0.717) is 25.8 Å². The van der Waals surface area contributed by atoms with E-state index >= 15 is 0 Å². The fourth-order valence-corrected chi connectivity index (χ4v) is 2.98. The van der Waals surface area contributed by atoms with Crippen molar-refractivity contribution in [2.45, 2.75) is 31.7 Å². The lowest BCUT2D eigenvalue weighted by molar-refractivity contribution is -0.150. The predicted molar refractivity (Wildman–Crippen MR) is 79.2 cm³/mol. The molecular formula is C15H18BrNO3. The van der Waals surface area contributed by atoms with E-state index in [1.807, 2.05) is 24.3 Å². The number of nitrogens with zero attached hydrogens (tertiary/aromatic N) is 1. The summed E-state index contributed by atoms with van der Waals surface area (Å²) < 4.78 is 5.76. The fourth-order valence-electron chi connectivity index (χ4n) is 2.53. The Morgan fingerprint density at radius 1 is 1.45 bits per heavy atom. The van der Waals surface area contributed by atoms with E-state index in [0.717, 1.165) is 16.5 Å². The van der Waals surface area contributed by atoms with E-state index in [2.05, 4.69) is 15.9 Å². The standard InChI is InChI=1S/C15H18BrNO3/c1-20-15(19)13-6-3-9-17(13)14(18)8-7-11-4-2-5-12(16)10-11/h2,4-5,10,13H,3,6-9H2,1H3. The van der Waals surface area contributed by atoms with Gasteiger partial charge in [-0.2, -0.15) is 0 Å². The Kier molecular flexibility index (Phi) is 5.17. The Balaban J connectivity index is 1.93. The molecule has 108 valence electrons. The predicted octanol–water partition coefficient (Wildman–Crippen LogP) is 2.55. The molecule has 1 atom stereocenters. The average molecular weight is 340 g/mol. The number of amides is 1. The highest BCUT2D eigenvalue weighted by Crippen LogP contribution is 2.20. The minimum absolute atomic E-state index is 0.0258. The highest BCUT2D eigenvalue weighted by Gasteiger charge is 2.34. The molecular weight excluding hydrogens is 322 g/mol. The van der Waals surface area contributed by atoms with Gasteiger partial charge in [0.25, 0.3) is 0 Å². The Morgan fingerprint density at radius 2 is 2.25 bits per heavy atom. The number of hydrogen-bond acceptors (Lipinski definition) is 3. The van der Waals surface area contributed by atoms with Gasteiger partial charge in [0.15, 0.2) is 0 Å². The number of rotatable bonds is 4. The second-order valence-electron chi connectivity index (χ2n) is 4.90. The minimum atomic E-state index is -0.394. The van der Waals surface area contributed by atoms with Crippen LogP contribution < -0.4 is 0 Å². The second kappa shape index (κ2) is 6.88. The molecule has 2 rings (SSSR count). The maximum Gasteiger partial charge on any atom is 0.328 e. The first-order valence-corrected chi connectivity index (χ1v) is 7.53. The number of hydrogen-bond donors (Lipinski definition) is 0. The molecule has 1 unspecified atom stereocenters. The van der Waals surface area contributed by atoms with Crippen LogP contribution >= 0.6 is 15.9 Å². The zero-order chi connectivity index (χ0) is 14.5. The first kappa shape index (κ1) is 15.0. The zero-order valence-electron chi connectivity index (χ0n) is 11.5. The molecule has 0 aliphatic carbocycles. The van der Waals surface area contributed by atoms with Crippen molar-refractivity contribution in [3.63, 3.8) is 0 Å². The molecule has 4 nitrogen and oxygen atoms in total. The maximum atomic E-state index is 12.2. The summed E-state index contributed by atoms with van der Waals surface area (Å²) in [5, 5.41) is 0. The Labute approximate surface area is 127 Å². The molecule has 1 heterocycles. The third kappa shape index (κ3) is 3.60. The van der Waals surface area contributed by atoms with Crippen molar-refractivity contribution in [2.24, 2.45) is 0 Å². The summed E-state index contributed by atoms with van der Waals surface area (Å²) in [6.07, 6.45) is 2.67. The topological polar surface area (TPSA) is 46.6 Å². The number of carbonyl (C=O) groups is 2. The van der Waals surface area contributed by atoms with Crippen molar-refractivity contribution in [1.29, 1.82) is 0 Å². The van der Waals surface area contributed by atoms with Crippen LogP contribution in [0.4, 0.5) is 0 Å². The van der Waals surface area contributed by atoms with Gasteiger partial charge in [0.1, 0.15) is 6.04 Å². The first-order valence-electron chi connectivity index (χ1n) is 6.73. The molecule has 5 heteroatoms. The largest absolute Gasteiger partial charge is 0.467 e. The van der Waals surface area contributed by atoms with E-state index in [1.54, 1.807) is 4.90 Å². The van der Waals surface area contributed by atoms with Crippen molar-refractivity contribution in [3.05, 3.63) is 34.3 Å². The van der Waals surface area contributed by atoms with Crippen molar-refractivity contribution in [3.8, 4) is 0 Å². The Bertz CT molecular complexity index is 504. The van der Waals surface area contributed by atoms with E-state index in [9.17, 15) is 9.59 Å². The Morgan fingerprint density at radius 3 is 2.95 bits per heavy atom. The monoisotopic (exact) mass is 339 g/mol. The van der Waals surface area contributed by atoms with Crippen LogP contribution in [0.15, 0.2) is 28.7 Å². The second-order valence-corrected chi connectivity index (χ2v) is 5.81. The lowest BCUT2D eigenvalue weighted by Crippen LogP contribution is -2.41. The SMILES string of the molecule is COC(=O)C1CCCN1C(=O)CCc1cccc(Br)c1. The van der Waals surface area contributed by atoms with Crippen LogP contribution in [0.25, 0.3) is 0 Å². The number of methoxy groups -OCH3 is 1. The quantitative estimate of drug-likeness (QED) is 0.792. The summed E-state index contributed by atoms with van der Waals surface area (Å²) in [6, 6.07) is 7.53. The number of aryl methyl sites for hydroxylation is 1. The van der Waals surface area contributed by atoms with Crippen molar-refractivity contribution in [1.82, 2.24) is 4.90 Å². The molecule has 0 saturated carbocycles. The van der Waals surface area contributed by atoms with Crippen LogP contribution in [0.5, 0.6) is 0 Å². The minimum Gasteiger partial charge on any atom is -0.467 e. The van der Waals surface area contributed by atoms with E-state index < -0.39 is 6.04 Å². The molecule has 0 spiro atoms. The van der Waals surface area contributed by atoms with Gasteiger partial charge in [0, 0.05) is 17.4 Å². The van der Waals surface area contributed by atoms with Crippen molar-refractivity contribution < 1.29 is 14.3 Å². The van der Waals surface area contributed by atoms with Crippen LogP contribution in [0, 0.1) is 0 Å². The molecule has 0 N–H and O–H groups in total. The summed E-state index contributed by atoms with van der Waals surface area (Å²) in [4.78, 5) is 25.5. The Hall–Kier alpha value is -1.36. The molecule has 1 fully saturated rings. The summed E-state index contributed by atoms with van der Waals surface area (Å²) in [5.41, 5.74) is 1.11. The van der Waals surface area contributed by atoms with Crippen LogP contribution in [0.3, 0.4) is 0 Å². The van der Waals surface area contributed by atoms with E-state index in [4.69, 9.17) is 4.74 Å². The smallest absolute Gasteiger partial charge is 0.328 e. The third-order valence-corrected chi connectivity index (χ3v) is 4.06. The van der Waals surface area contributed by atoms with E-state index in [-0.39, 0.29) is 11.9 Å². The molecule has 1 amide bonds. The van der Waals surface area contributed by atoms with Crippen molar-refractivity contribution in [2.75, 3.05) is 13.7 Å². The molecule has 0 bridgehead atoms. The van der Waals surface area contributed by atoms with Crippen LogP contribution in [-0.2, 0) is 20.7 Å². The van der Waals surface area contributed by atoms with E-state index in [1.165, 1.54) is 7.11 Å². The molecule has 1 aliphatic heterocycles. The molecule has 1 saturated heterocycles. The third-order valence-electron chi connectivity index (χ3n) is 3.56. The van der Waals surface area contributed by atoms with Crippen LogP contribution in [0.2, 0.25) is 0 Å². The molecule has 1 aliphatic rings. The van der Waals surface area contributed by atoms with Crippen LogP contribution in [-0.4, -0.2) is 36.5 Å². The normalized spacial score (nSPS) is 18.1. The molecule has 0 aromatic heterocycles. The molecule has 0 radical (unpaired) electrons. The van der Waals surface area contributed by atoms with Gasteiger partial charge < -0.3 is 9.64 Å². The molecule has 20 heavy (non-hydrogen) atoms. The zero-order valence-corrected chi connectivity index (χ0v) is 13.1. The van der Waals surface area contributed by atoms with Crippen LogP contribution in [0.1, 0.15) is 24.8 Å². The van der Waals surface area contributed by atoms with Gasteiger partial charge in [0.2, 0.25) is 5.91 Å². The maximum absolute atomic E-state index is 12.2. The number of benzene rings is 1. The highest BCUT2D eigenvalue weighted by molar-refractivity contribution is 9.10. The summed E-state index contributed by atoms with van der Waals surface area (Å²) >= 11 is 3.42. The summed E-state index contributed by atoms with van der Waals surface area (Å²) in [5.74, 6) is -0.281. The average Bonchev–Trinajstić information content (AvgIpc) is 2.93. The molecule has 1 aromatic rings. The number of ether oxygens (including phenoxy) is 1.